The van der Waals surface area contributed by atoms with Crippen molar-refractivity contribution in [2.45, 2.75) is 49.6 Å². The molecule has 0 unspecified atom stereocenters. The summed E-state index contributed by atoms with van der Waals surface area (Å²) < 4.78 is 13.5. The number of amides is 1. The van der Waals surface area contributed by atoms with Crippen LogP contribution in [-0.4, -0.2) is 33.0 Å². The number of oxazole rings is 1. The van der Waals surface area contributed by atoms with Crippen molar-refractivity contribution in [3.8, 4) is 0 Å². The first-order chi connectivity index (χ1) is 10.9. The molecule has 0 radical (unpaired) electrons. The normalized spacial score (nSPS) is 13.3. The molecule has 1 N–H and O–H groups in total. The largest absolute Gasteiger partial charge is 0.456 e. The number of nitrogens with one attached hydrogen (secondary N) is 1. The maximum atomic E-state index is 11.8. The van der Waals surface area contributed by atoms with Crippen LogP contribution in [-0.2, 0) is 9.47 Å². The zero-order valence-corrected chi connectivity index (χ0v) is 16.0. The number of carbonyl (C=O) groups excluding carboxylic acids is 2. The van der Waals surface area contributed by atoms with Gasteiger partial charge >= 0.3 is 12.1 Å². The van der Waals surface area contributed by atoms with Crippen LogP contribution in [0, 0.1) is 0 Å². The number of carbonyl (C=O) groups is 2. The third kappa shape index (κ3) is 7.59. The average molecular weight is 402 g/mol. The highest BCUT2D eigenvalue weighted by Crippen LogP contribution is 2.26. The van der Waals surface area contributed by atoms with Gasteiger partial charge in [0.15, 0.2) is 5.69 Å². The molecule has 1 aromatic rings. The number of nitrogens with zero attached hydrogens (tertiary/aromatic N) is 1. The number of hydrogen-bond acceptors (Lipinski definition) is 6. The molecule has 0 aliphatic carbocycles. The van der Waals surface area contributed by atoms with Crippen LogP contribution in [0.4, 0.5) is 4.79 Å². The average Bonchev–Trinajstić information content (AvgIpc) is 2.89. The molecule has 0 saturated heterocycles. The number of aromatic nitrogens is 1. The lowest BCUT2D eigenvalue weighted by atomic mass is 10.2. The standard InChI is InChI=1S/C14H19Cl3N2O5/c1-5-8(19-12(21)24-13(2,3)4)10-18-9(6-22-10)11(20)23-7-14(15,16)17/h6,8H,5,7H2,1-4H3,(H,19,21)/t8-/m1/s1. The van der Waals surface area contributed by atoms with E-state index >= 15 is 0 Å². The molecule has 0 aromatic carbocycles. The monoisotopic (exact) mass is 400 g/mol. The molecular formula is C14H19Cl3N2O5. The molecule has 0 aliphatic rings. The van der Waals surface area contributed by atoms with Crippen LogP contribution in [0.15, 0.2) is 10.7 Å². The van der Waals surface area contributed by atoms with Crippen molar-refractivity contribution in [3.05, 3.63) is 17.8 Å². The van der Waals surface area contributed by atoms with Gasteiger partial charge < -0.3 is 19.2 Å². The highest BCUT2D eigenvalue weighted by atomic mass is 35.6. The third-order valence-corrected chi connectivity index (χ3v) is 2.82. The first kappa shape index (κ1) is 20.9. The van der Waals surface area contributed by atoms with Gasteiger partial charge in [0, 0.05) is 0 Å². The second-order valence-electron chi connectivity index (χ2n) is 5.87. The minimum absolute atomic E-state index is 0.0938. The molecule has 1 heterocycles. The topological polar surface area (TPSA) is 90.7 Å². The van der Waals surface area contributed by atoms with Crippen molar-refractivity contribution >= 4 is 46.9 Å². The Morgan fingerprint density at radius 2 is 1.96 bits per heavy atom. The molecule has 0 fully saturated rings. The minimum Gasteiger partial charge on any atom is -0.456 e. The summed E-state index contributed by atoms with van der Waals surface area (Å²) in [4.78, 5) is 27.6. The van der Waals surface area contributed by atoms with Gasteiger partial charge in [-0.25, -0.2) is 14.6 Å². The summed E-state index contributed by atoms with van der Waals surface area (Å²) in [5, 5.41) is 2.62. The highest BCUT2D eigenvalue weighted by Gasteiger charge is 2.26. The van der Waals surface area contributed by atoms with Crippen molar-refractivity contribution in [2.75, 3.05) is 6.61 Å². The van der Waals surface area contributed by atoms with Gasteiger partial charge in [0.2, 0.25) is 9.68 Å². The predicted molar refractivity (Wildman–Crippen MR) is 89.5 cm³/mol. The Morgan fingerprint density at radius 3 is 2.46 bits per heavy atom. The summed E-state index contributed by atoms with van der Waals surface area (Å²) in [5.74, 6) is -0.660. The van der Waals surface area contributed by atoms with E-state index in [9.17, 15) is 9.59 Å². The van der Waals surface area contributed by atoms with Crippen LogP contribution >= 0.6 is 34.8 Å². The fraction of sp³-hybridized carbons (Fsp3) is 0.643. The second-order valence-corrected chi connectivity index (χ2v) is 8.39. The summed E-state index contributed by atoms with van der Waals surface area (Å²) >= 11 is 16.5. The highest BCUT2D eigenvalue weighted by molar-refractivity contribution is 6.67. The lowest BCUT2D eigenvalue weighted by Gasteiger charge is -2.21. The minimum atomic E-state index is -1.72. The fourth-order valence-corrected chi connectivity index (χ4v) is 1.71. The second kappa shape index (κ2) is 8.27. The number of esters is 1. The summed E-state index contributed by atoms with van der Waals surface area (Å²) in [6.07, 6.45) is 0.964. The summed E-state index contributed by atoms with van der Waals surface area (Å²) in [6.45, 7) is 6.63. The van der Waals surface area contributed by atoms with E-state index in [0.717, 1.165) is 6.26 Å². The smallest absolute Gasteiger partial charge is 0.408 e. The predicted octanol–water partition coefficient (Wildman–Crippen LogP) is 4.18. The number of rotatable bonds is 5. The fourth-order valence-electron chi connectivity index (χ4n) is 1.55. The quantitative estimate of drug-likeness (QED) is 0.588. The molecule has 0 bridgehead atoms. The van der Waals surface area contributed by atoms with Crippen molar-refractivity contribution < 1.29 is 23.5 Å². The third-order valence-electron chi connectivity index (χ3n) is 2.50. The Balaban J connectivity index is 2.71. The Hall–Kier alpha value is -1.18. The van der Waals surface area contributed by atoms with Gasteiger partial charge in [0.25, 0.3) is 0 Å². The van der Waals surface area contributed by atoms with E-state index in [1.807, 2.05) is 6.92 Å². The molecule has 136 valence electrons. The van der Waals surface area contributed by atoms with E-state index in [1.165, 1.54) is 0 Å². The maximum absolute atomic E-state index is 11.8. The summed E-state index contributed by atoms with van der Waals surface area (Å²) in [7, 11) is 0. The van der Waals surface area contributed by atoms with Crippen molar-refractivity contribution in [3.63, 3.8) is 0 Å². The summed E-state index contributed by atoms with van der Waals surface area (Å²) in [5.41, 5.74) is -0.728. The van der Waals surface area contributed by atoms with Gasteiger partial charge in [-0.05, 0) is 27.2 Å². The van der Waals surface area contributed by atoms with Crippen LogP contribution in [0.1, 0.15) is 56.5 Å². The number of ether oxygens (including phenoxy) is 2. The van der Waals surface area contributed by atoms with Crippen LogP contribution in [0.5, 0.6) is 0 Å². The molecule has 1 rings (SSSR count). The SMILES string of the molecule is CC[C@@H](NC(=O)OC(C)(C)C)c1nc(C(=O)OCC(Cl)(Cl)Cl)co1. The first-order valence-corrected chi connectivity index (χ1v) is 8.23. The molecule has 0 spiro atoms. The van der Waals surface area contributed by atoms with E-state index in [-0.39, 0.29) is 11.6 Å². The van der Waals surface area contributed by atoms with E-state index in [1.54, 1.807) is 20.8 Å². The molecule has 1 aromatic heterocycles. The van der Waals surface area contributed by atoms with E-state index < -0.39 is 34.1 Å². The zero-order chi connectivity index (χ0) is 18.5. The summed E-state index contributed by atoms with van der Waals surface area (Å²) in [6, 6.07) is -0.561. The van der Waals surface area contributed by atoms with Crippen LogP contribution in [0.3, 0.4) is 0 Å². The molecule has 0 aliphatic heterocycles. The molecular weight excluding hydrogens is 383 g/mol. The number of halogens is 3. The lowest BCUT2D eigenvalue weighted by molar-refractivity contribution is 0.0491. The van der Waals surface area contributed by atoms with Gasteiger partial charge in [0.05, 0.1) is 0 Å². The van der Waals surface area contributed by atoms with E-state index in [2.05, 4.69) is 10.3 Å². The molecule has 0 saturated carbocycles. The van der Waals surface area contributed by atoms with E-state index in [4.69, 9.17) is 48.7 Å². The zero-order valence-electron chi connectivity index (χ0n) is 13.7. The molecule has 24 heavy (non-hydrogen) atoms. The Kier molecular flexibility index (Phi) is 7.19. The number of hydrogen-bond donors (Lipinski definition) is 1. The Morgan fingerprint density at radius 1 is 1.33 bits per heavy atom. The van der Waals surface area contributed by atoms with Crippen molar-refractivity contribution in [2.24, 2.45) is 0 Å². The number of alkyl carbamates (subject to hydrolysis) is 1. The molecule has 1 atom stereocenters. The van der Waals surface area contributed by atoms with Gasteiger partial charge in [0.1, 0.15) is 24.5 Å². The van der Waals surface area contributed by atoms with E-state index in [0.29, 0.717) is 6.42 Å². The maximum Gasteiger partial charge on any atom is 0.408 e. The van der Waals surface area contributed by atoms with Gasteiger partial charge in [-0.2, -0.15) is 0 Å². The Bertz CT molecular complexity index is 578. The molecule has 7 nitrogen and oxygen atoms in total. The first-order valence-electron chi connectivity index (χ1n) is 7.10. The molecule has 10 heteroatoms. The van der Waals surface area contributed by atoms with Crippen molar-refractivity contribution in [1.82, 2.24) is 10.3 Å². The number of alkyl halides is 3. The molecule has 1 amide bonds. The Labute approximate surface area is 154 Å². The van der Waals surface area contributed by atoms with Crippen LogP contribution < -0.4 is 5.32 Å². The van der Waals surface area contributed by atoms with Crippen LogP contribution in [0.25, 0.3) is 0 Å². The van der Waals surface area contributed by atoms with Crippen molar-refractivity contribution in [1.29, 1.82) is 0 Å². The van der Waals surface area contributed by atoms with Gasteiger partial charge in [-0.15, -0.1) is 0 Å². The van der Waals surface area contributed by atoms with Gasteiger partial charge in [-0.1, -0.05) is 41.7 Å². The van der Waals surface area contributed by atoms with Crippen LogP contribution in [0.2, 0.25) is 0 Å². The lowest BCUT2D eigenvalue weighted by Crippen LogP contribution is -2.35. The van der Waals surface area contributed by atoms with Gasteiger partial charge in [-0.3, -0.25) is 0 Å².